The molecule has 1 aromatic carbocycles. The van der Waals surface area contributed by atoms with Gasteiger partial charge in [-0.25, -0.2) is 17.8 Å². The largest absolute Gasteiger partial charge is 0.397 e. The summed E-state index contributed by atoms with van der Waals surface area (Å²) in [6, 6.07) is 3.23. The van der Waals surface area contributed by atoms with E-state index in [-0.39, 0.29) is 38.6 Å². The Hall–Kier alpha value is -2.89. The number of nitrogens with zero attached hydrogens (tertiary/aromatic N) is 1. The van der Waals surface area contributed by atoms with E-state index in [1.165, 1.54) is 30.5 Å². The van der Waals surface area contributed by atoms with Crippen molar-refractivity contribution in [1.29, 1.82) is 0 Å². The Morgan fingerprint density at radius 2 is 1.78 bits per heavy atom. The number of anilines is 1. The van der Waals surface area contributed by atoms with Gasteiger partial charge in [-0.3, -0.25) is 9.59 Å². The summed E-state index contributed by atoms with van der Waals surface area (Å²) < 4.78 is 37.9. The third-order valence-electron chi connectivity index (χ3n) is 5.03. The molecular formula is C19H16Cl2FN5O4S. The zero-order valence-electron chi connectivity index (χ0n) is 16.2. The minimum atomic E-state index is -3.54. The number of nitrogen functional groups attached to an aromatic ring is 1. The number of carbonyl (C=O) groups excluding carboxylic acids is 2. The highest BCUT2D eigenvalue weighted by Gasteiger charge is 2.40. The first-order valence-corrected chi connectivity index (χ1v) is 11.8. The van der Waals surface area contributed by atoms with Crippen molar-refractivity contribution in [3.05, 3.63) is 57.7 Å². The van der Waals surface area contributed by atoms with Gasteiger partial charge >= 0.3 is 0 Å². The number of halogens is 3. The van der Waals surface area contributed by atoms with E-state index in [0.717, 1.165) is 0 Å². The number of benzene rings is 1. The number of aromatic amines is 1. The number of carbonyl (C=O) groups is 2. The summed E-state index contributed by atoms with van der Waals surface area (Å²) in [6.07, 6.45) is 1.21. The quantitative estimate of drug-likeness (QED) is 0.431. The zero-order chi connectivity index (χ0) is 23.2. The Labute approximate surface area is 191 Å². The number of amides is 2. The third kappa shape index (κ3) is 4.36. The fourth-order valence-electron chi connectivity index (χ4n) is 3.48. The molecule has 1 aliphatic heterocycles. The van der Waals surface area contributed by atoms with Gasteiger partial charge in [0.2, 0.25) is 0 Å². The summed E-state index contributed by atoms with van der Waals surface area (Å²) in [5.41, 5.74) is 6.16. The lowest BCUT2D eigenvalue weighted by Crippen LogP contribution is -2.51. The van der Waals surface area contributed by atoms with Crippen molar-refractivity contribution in [3.63, 3.8) is 0 Å². The summed E-state index contributed by atoms with van der Waals surface area (Å²) >= 11 is 12.0. The van der Waals surface area contributed by atoms with Gasteiger partial charge in [0.05, 0.1) is 39.3 Å². The average molecular weight is 500 g/mol. The van der Waals surface area contributed by atoms with Gasteiger partial charge < -0.3 is 21.4 Å². The molecule has 4 rings (SSSR count). The summed E-state index contributed by atoms with van der Waals surface area (Å²) in [6.45, 7) is 0. The van der Waals surface area contributed by atoms with Gasteiger partial charge in [-0.05, 0) is 24.3 Å². The van der Waals surface area contributed by atoms with Crippen molar-refractivity contribution >= 4 is 61.4 Å². The van der Waals surface area contributed by atoms with E-state index >= 15 is 0 Å². The maximum absolute atomic E-state index is 13.5. The number of nitrogens with one attached hydrogen (secondary N) is 3. The topological polar surface area (TPSA) is 147 Å². The first-order valence-electron chi connectivity index (χ1n) is 9.24. The van der Waals surface area contributed by atoms with E-state index in [9.17, 15) is 22.4 Å². The van der Waals surface area contributed by atoms with Gasteiger partial charge in [0.15, 0.2) is 9.84 Å². The van der Waals surface area contributed by atoms with E-state index < -0.39 is 39.6 Å². The SMILES string of the molecule is Nc1cc(C(=O)NC2CS(=O)(=O)CC2NC(=O)c2[nH]c3ccc(F)cc3c2Cl)ncc1Cl. The molecule has 0 radical (unpaired) electrons. The summed E-state index contributed by atoms with van der Waals surface area (Å²) in [7, 11) is -3.54. The molecule has 2 atom stereocenters. The summed E-state index contributed by atoms with van der Waals surface area (Å²) in [5, 5.41) is 5.64. The number of fused-ring (bicyclic) bond motifs is 1. The van der Waals surface area contributed by atoms with Gasteiger partial charge in [0, 0.05) is 17.1 Å². The molecule has 0 saturated carbocycles. The first kappa shape index (κ1) is 22.3. The second-order valence-electron chi connectivity index (χ2n) is 7.33. The number of nitrogens with two attached hydrogens (primary N) is 1. The Bertz CT molecular complexity index is 1360. The summed E-state index contributed by atoms with van der Waals surface area (Å²) in [4.78, 5) is 32.0. The van der Waals surface area contributed by atoms with E-state index in [0.29, 0.717) is 10.9 Å². The Balaban J connectivity index is 1.55. The molecule has 9 nitrogen and oxygen atoms in total. The molecule has 1 aliphatic rings. The first-order chi connectivity index (χ1) is 15.0. The van der Waals surface area contributed by atoms with Crippen molar-refractivity contribution in [2.75, 3.05) is 17.2 Å². The highest BCUT2D eigenvalue weighted by molar-refractivity contribution is 7.91. The van der Waals surface area contributed by atoms with Gasteiger partial charge in [-0.15, -0.1) is 0 Å². The van der Waals surface area contributed by atoms with Crippen molar-refractivity contribution in [3.8, 4) is 0 Å². The van der Waals surface area contributed by atoms with Crippen molar-refractivity contribution in [2.45, 2.75) is 12.1 Å². The highest BCUT2D eigenvalue weighted by Crippen LogP contribution is 2.28. The van der Waals surface area contributed by atoms with Crippen LogP contribution in [-0.2, 0) is 9.84 Å². The van der Waals surface area contributed by atoms with Gasteiger partial charge in [0.1, 0.15) is 17.2 Å². The molecule has 13 heteroatoms. The van der Waals surface area contributed by atoms with E-state index in [1.54, 1.807) is 0 Å². The monoisotopic (exact) mass is 499 g/mol. The van der Waals surface area contributed by atoms with Gasteiger partial charge in [0.25, 0.3) is 11.8 Å². The number of rotatable bonds is 4. The van der Waals surface area contributed by atoms with Crippen molar-refractivity contribution in [1.82, 2.24) is 20.6 Å². The lowest BCUT2D eigenvalue weighted by atomic mass is 10.1. The predicted molar refractivity (Wildman–Crippen MR) is 118 cm³/mol. The maximum atomic E-state index is 13.5. The standard InChI is InChI=1S/C19H16Cl2FN5O4S/c20-10-5-24-13(4-11(10)23)18(28)26-14-6-32(30,31)7-15(14)27-19(29)17-16(21)9-3-8(22)1-2-12(9)25-17/h1-5,14-15,25H,6-7H2,(H2,23,24)(H,26,28)(H,27,29). The molecule has 3 heterocycles. The van der Waals surface area contributed by atoms with Crippen LogP contribution in [0.1, 0.15) is 21.0 Å². The molecular weight excluding hydrogens is 484 g/mol. The number of pyridine rings is 1. The lowest BCUT2D eigenvalue weighted by molar-refractivity contribution is 0.0892. The summed E-state index contributed by atoms with van der Waals surface area (Å²) in [5.74, 6) is -2.65. The second-order valence-corrected chi connectivity index (χ2v) is 10.3. The molecule has 0 spiro atoms. The van der Waals surface area contributed by atoms with Crippen LogP contribution in [0.15, 0.2) is 30.5 Å². The van der Waals surface area contributed by atoms with Crippen LogP contribution in [0.4, 0.5) is 10.1 Å². The normalized spacial score (nSPS) is 19.7. The third-order valence-corrected chi connectivity index (χ3v) is 7.47. The fourth-order valence-corrected chi connectivity index (χ4v) is 5.74. The smallest absolute Gasteiger partial charge is 0.270 e. The van der Waals surface area contributed by atoms with Crippen LogP contribution in [0.3, 0.4) is 0 Å². The van der Waals surface area contributed by atoms with Crippen molar-refractivity contribution in [2.24, 2.45) is 0 Å². The maximum Gasteiger partial charge on any atom is 0.270 e. The molecule has 2 unspecified atom stereocenters. The highest BCUT2D eigenvalue weighted by atomic mass is 35.5. The number of sulfone groups is 1. The fraction of sp³-hybridized carbons (Fsp3) is 0.211. The molecule has 0 aliphatic carbocycles. The van der Waals surface area contributed by atoms with Crippen LogP contribution >= 0.6 is 23.2 Å². The number of hydrogen-bond donors (Lipinski definition) is 4. The number of aromatic nitrogens is 2. The molecule has 168 valence electrons. The molecule has 5 N–H and O–H groups in total. The van der Waals surface area contributed by atoms with Gasteiger partial charge in [-0.1, -0.05) is 23.2 Å². The molecule has 1 saturated heterocycles. The van der Waals surface area contributed by atoms with E-state index in [1.807, 2.05) is 0 Å². The van der Waals surface area contributed by atoms with Crippen LogP contribution in [-0.4, -0.2) is 53.8 Å². The number of hydrogen-bond acceptors (Lipinski definition) is 6. The van der Waals surface area contributed by atoms with E-state index in [4.69, 9.17) is 28.9 Å². The molecule has 2 amide bonds. The Morgan fingerprint density at radius 1 is 1.12 bits per heavy atom. The van der Waals surface area contributed by atoms with E-state index in [2.05, 4.69) is 20.6 Å². The molecule has 2 aromatic heterocycles. The molecule has 1 fully saturated rings. The van der Waals surface area contributed by atoms with Crippen molar-refractivity contribution < 1.29 is 22.4 Å². The van der Waals surface area contributed by atoms with Crippen LogP contribution < -0.4 is 16.4 Å². The molecule has 0 bridgehead atoms. The Kier molecular flexibility index (Phi) is 5.74. The molecule has 3 aromatic rings. The minimum absolute atomic E-state index is 0.000667. The predicted octanol–water partition coefficient (Wildman–Crippen LogP) is 1.92. The second kappa shape index (κ2) is 8.23. The van der Waals surface area contributed by atoms with Gasteiger partial charge in [-0.2, -0.15) is 0 Å². The molecule has 32 heavy (non-hydrogen) atoms. The van der Waals surface area contributed by atoms with Crippen LogP contribution in [0.2, 0.25) is 10.0 Å². The minimum Gasteiger partial charge on any atom is -0.397 e. The van der Waals surface area contributed by atoms with Crippen LogP contribution in [0.25, 0.3) is 10.9 Å². The Morgan fingerprint density at radius 3 is 2.44 bits per heavy atom. The number of H-pyrrole nitrogens is 1. The van der Waals surface area contributed by atoms with Crippen LogP contribution in [0, 0.1) is 5.82 Å². The zero-order valence-corrected chi connectivity index (χ0v) is 18.5. The van der Waals surface area contributed by atoms with Crippen LogP contribution in [0.5, 0.6) is 0 Å². The average Bonchev–Trinajstić information content (AvgIpc) is 3.19. The lowest BCUT2D eigenvalue weighted by Gasteiger charge is -2.20.